The minimum absolute atomic E-state index is 0.0440. The van der Waals surface area contributed by atoms with E-state index in [0.29, 0.717) is 12.2 Å². The van der Waals surface area contributed by atoms with Crippen LogP contribution in [0.15, 0.2) is 23.1 Å². The van der Waals surface area contributed by atoms with Gasteiger partial charge in [-0.3, -0.25) is 4.79 Å². The van der Waals surface area contributed by atoms with Crippen LogP contribution in [0.1, 0.15) is 13.3 Å². The number of ether oxygens (including phenoxy) is 1. The highest BCUT2D eigenvalue weighted by molar-refractivity contribution is 7.89. The summed E-state index contributed by atoms with van der Waals surface area (Å²) >= 11 is 12.0. The molecule has 0 bridgehead atoms. The number of carbonyl (C=O) groups is 1. The third kappa shape index (κ3) is 3.15. The van der Waals surface area contributed by atoms with Gasteiger partial charge < -0.3 is 10.1 Å². The summed E-state index contributed by atoms with van der Waals surface area (Å²) in [7, 11) is 0.657. The molecule has 0 heterocycles. The summed E-state index contributed by atoms with van der Waals surface area (Å²) in [4.78, 5) is 12.4. The van der Waals surface area contributed by atoms with Gasteiger partial charge in [-0.15, -0.1) is 23.2 Å². The van der Waals surface area contributed by atoms with Crippen molar-refractivity contribution in [1.82, 2.24) is 4.31 Å². The number of alkyl halides is 2. The van der Waals surface area contributed by atoms with E-state index in [2.05, 4.69) is 5.32 Å². The Morgan fingerprint density at radius 2 is 1.91 bits per heavy atom. The van der Waals surface area contributed by atoms with Crippen molar-refractivity contribution in [1.29, 1.82) is 0 Å². The van der Waals surface area contributed by atoms with Crippen molar-refractivity contribution >= 4 is 44.8 Å². The molecule has 0 aromatic heterocycles. The number of hydrogen-bond donors (Lipinski definition) is 1. The van der Waals surface area contributed by atoms with Gasteiger partial charge in [0.2, 0.25) is 15.9 Å². The maximum atomic E-state index is 12.4. The first-order valence-electron chi connectivity index (χ1n) is 6.75. The summed E-state index contributed by atoms with van der Waals surface area (Å²) in [6.45, 7) is 1.65. The molecule has 1 N–H and O–H groups in total. The van der Waals surface area contributed by atoms with Gasteiger partial charge in [-0.05, 0) is 31.5 Å². The summed E-state index contributed by atoms with van der Waals surface area (Å²) in [6, 6.07) is 4.24. The molecule has 1 fully saturated rings. The van der Waals surface area contributed by atoms with Crippen molar-refractivity contribution in [3.8, 4) is 5.75 Å². The Morgan fingerprint density at radius 3 is 2.35 bits per heavy atom. The van der Waals surface area contributed by atoms with Gasteiger partial charge >= 0.3 is 0 Å². The average Bonchev–Trinajstić information content (AvgIpc) is 2.98. The molecule has 9 heteroatoms. The van der Waals surface area contributed by atoms with Crippen LogP contribution in [0.25, 0.3) is 0 Å². The van der Waals surface area contributed by atoms with E-state index in [9.17, 15) is 13.2 Å². The largest absolute Gasteiger partial charge is 0.495 e. The number of nitrogens with zero attached hydrogens (tertiary/aromatic N) is 1. The number of methoxy groups -OCH3 is 1. The van der Waals surface area contributed by atoms with Crippen LogP contribution >= 0.6 is 23.2 Å². The number of anilines is 1. The van der Waals surface area contributed by atoms with Gasteiger partial charge in [0.1, 0.15) is 10.1 Å². The van der Waals surface area contributed by atoms with Crippen molar-refractivity contribution in [2.45, 2.75) is 22.6 Å². The van der Waals surface area contributed by atoms with Crippen LogP contribution < -0.4 is 10.1 Å². The van der Waals surface area contributed by atoms with Gasteiger partial charge in [0.05, 0.1) is 23.1 Å². The Morgan fingerprint density at radius 1 is 1.35 bits per heavy atom. The van der Waals surface area contributed by atoms with Crippen LogP contribution in [-0.2, 0) is 14.8 Å². The van der Waals surface area contributed by atoms with Gasteiger partial charge in [-0.1, -0.05) is 0 Å². The second-order valence-electron chi connectivity index (χ2n) is 5.82. The lowest BCUT2D eigenvalue weighted by Crippen LogP contribution is -2.26. The van der Waals surface area contributed by atoms with Gasteiger partial charge in [0, 0.05) is 14.1 Å². The first kappa shape index (κ1) is 18.3. The van der Waals surface area contributed by atoms with Crippen molar-refractivity contribution in [2.24, 2.45) is 5.41 Å². The Bertz CT molecular complexity index is 749. The lowest BCUT2D eigenvalue weighted by Gasteiger charge is -2.17. The summed E-state index contributed by atoms with van der Waals surface area (Å²) in [5, 5.41) is 2.66. The van der Waals surface area contributed by atoms with E-state index in [1.165, 1.54) is 39.4 Å². The summed E-state index contributed by atoms with van der Waals surface area (Å²) in [5.74, 6) is -0.0461. The molecular weight excluding hydrogens is 363 g/mol. The van der Waals surface area contributed by atoms with Crippen molar-refractivity contribution in [3.63, 3.8) is 0 Å². The van der Waals surface area contributed by atoms with E-state index in [0.717, 1.165) is 4.31 Å². The average molecular weight is 381 g/mol. The first-order valence-corrected chi connectivity index (χ1v) is 8.95. The van der Waals surface area contributed by atoms with E-state index in [1.54, 1.807) is 6.92 Å². The van der Waals surface area contributed by atoms with Gasteiger partial charge in [0.15, 0.2) is 0 Å². The molecule has 1 aliphatic rings. The quantitative estimate of drug-likeness (QED) is 0.796. The van der Waals surface area contributed by atoms with Crippen molar-refractivity contribution in [2.75, 3.05) is 26.5 Å². The molecule has 2 rings (SSSR count). The van der Waals surface area contributed by atoms with Crippen LogP contribution in [0.4, 0.5) is 5.69 Å². The molecule has 6 nitrogen and oxygen atoms in total. The zero-order valence-electron chi connectivity index (χ0n) is 13.2. The Labute approximate surface area is 145 Å². The molecule has 1 aromatic carbocycles. The number of halogens is 2. The highest BCUT2D eigenvalue weighted by atomic mass is 35.5. The van der Waals surface area contributed by atoms with E-state index >= 15 is 0 Å². The Kier molecular flexibility index (Phi) is 4.62. The topological polar surface area (TPSA) is 75.7 Å². The Hall–Kier alpha value is -1.02. The maximum Gasteiger partial charge on any atom is 0.242 e. The first-order chi connectivity index (χ1) is 10.5. The number of benzene rings is 1. The molecule has 0 radical (unpaired) electrons. The number of amides is 1. The molecule has 0 saturated heterocycles. The lowest BCUT2D eigenvalue weighted by molar-refractivity contribution is -0.120. The molecule has 1 saturated carbocycles. The summed E-state index contributed by atoms with van der Waals surface area (Å²) in [6.07, 6.45) is 0.326. The molecule has 128 valence electrons. The van der Waals surface area contributed by atoms with Crippen LogP contribution in [-0.4, -0.2) is 44.2 Å². The zero-order chi connectivity index (χ0) is 17.6. The molecule has 1 aliphatic carbocycles. The third-order valence-electron chi connectivity index (χ3n) is 3.96. The number of rotatable bonds is 5. The molecule has 0 spiro atoms. The molecule has 1 atom stereocenters. The Balaban J connectivity index is 2.36. The third-order valence-corrected chi connectivity index (χ3v) is 6.87. The highest BCUT2D eigenvalue weighted by Crippen LogP contribution is 2.64. The molecule has 1 amide bonds. The van der Waals surface area contributed by atoms with E-state index < -0.39 is 19.8 Å². The van der Waals surface area contributed by atoms with Crippen LogP contribution in [0, 0.1) is 5.41 Å². The molecule has 23 heavy (non-hydrogen) atoms. The second kappa shape index (κ2) is 5.81. The highest BCUT2D eigenvalue weighted by Gasteiger charge is 2.68. The van der Waals surface area contributed by atoms with Gasteiger partial charge in [0.25, 0.3) is 0 Å². The molecule has 1 aromatic rings. The molecule has 1 unspecified atom stereocenters. The SMILES string of the molecule is COc1ccc(S(=O)(=O)N(C)C)cc1NC(=O)C1(C)CC1(Cl)Cl. The van der Waals surface area contributed by atoms with Crippen LogP contribution in [0.3, 0.4) is 0 Å². The smallest absolute Gasteiger partial charge is 0.242 e. The lowest BCUT2D eigenvalue weighted by atomic mass is 10.1. The summed E-state index contributed by atoms with van der Waals surface area (Å²) < 4.78 is 29.6. The maximum absolute atomic E-state index is 12.4. The fourth-order valence-corrected chi connectivity index (χ4v) is 3.70. The fourth-order valence-electron chi connectivity index (χ4n) is 2.06. The minimum Gasteiger partial charge on any atom is -0.495 e. The molecular formula is C14H18Cl2N2O4S. The fraction of sp³-hybridized carbons (Fsp3) is 0.500. The molecule has 0 aliphatic heterocycles. The van der Waals surface area contributed by atoms with Crippen LogP contribution in [0.5, 0.6) is 5.75 Å². The number of carbonyl (C=O) groups excluding carboxylic acids is 1. The van der Waals surface area contributed by atoms with E-state index in [1.807, 2.05) is 0 Å². The predicted octanol–water partition coefficient (Wildman–Crippen LogP) is 2.47. The monoisotopic (exact) mass is 380 g/mol. The van der Waals surface area contributed by atoms with Crippen LogP contribution in [0.2, 0.25) is 0 Å². The van der Waals surface area contributed by atoms with E-state index in [-0.39, 0.29) is 16.5 Å². The van der Waals surface area contributed by atoms with Crippen molar-refractivity contribution < 1.29 is 17.9 Å². The number of hydrogen-bond acceptors (Lipinski definition) is 4. The summed E-state index contributed by atoms with van der Waals surface area (Å²) in [5.41, 5.74) is -0.671. The normalized spacial score (nSPS) is 22.7. The van der Waals surface area contributed by atoms with Gasteiger partial charge in [-0.25, -0.2) is 12.7 Å². The number of sulfonamides is 1. The predicted molar refractivity (Wildman–Crippen MR) is 89.7 cm³/mol. The standard InChI is InChI=1S/C14H18Cl2N2O4S/c1-13(8-14(13,15)16)12(19)17-10-7-9(5-6-11(10)22-4)23(20,21)18(2)3/h5-7H,8H2,1-4H3,(H,17,19). The van der Waals surface area contributed by atoms with Crippen molar-refractivity contribution in [3.05, 3.63) is 18.2 Å². The second-order valence-corrected chi connectivity index (χ2v) is 9.45. The number of nitrogens with one attached hydrogen (secondary N) is 1. The zero-order valence-corrected chi connectivity index (χ0v) is 15.5. The van der Waals surface area contributed by atoms with E-state index in [4.69, 9.17) is 27.9 Å². The minimum atomic E-state index is -3.63. The van der Waals surface area contributed by atoms with Gasteiger partial charge in [-0.2, -0.15) is 0 Å².